The van der Waals surface area contributed by atoms with Crippen LogP contribution in [0.2, 0.25) is 0 Å². The second-order valence-corrected chi connectivity index (χ2v) is 3.47. The minimum absolute atomic E-state index is 0.0638. The summed E-state index contributed by atoms with van der Waals surface area (Å²) in [5.74, 6) is -0.262. The van der Waals surface area contributed by atoms with Gasteiger partial charge in [0.15, 0.2) is 0 Å². The smallest absolute Gasteiger partial charge is 0.304 e. The van der Waals surface area contributed by atoms with E-state index < -0.39 is 0 Å². The Morgan fingerprint density at radius 1 is 1.40 bits per heavy atom. The molecule has 1 saturated heterocycles. The third kappa shape index (κ3) is 2.48. The van der Waals surface area contributed by atoms with Crippen molar-refractivity contribution in [2.45, 2.75) is 0 Å². The zero-order valence-electron chi connectivity index (χ0n) is 8.47. The molecule has 1 aromatic heterocycles. The second kappa shape index (κ2) is 4.32. The van der Waals surface area contributed by atoms with E-state index in [0.29, 0.717) is 0 Å². The Balaban J connectivity index is 1.85. The Bertz CT molecular complexity index is 316. The van der Waals surface area contributed by atoms with E-state index in [2.05, 4.69) is 38.0 Å². The number of H-pyrrole nitrogens is 1. The number of nitrogens with zero attached hydrogens (tertiary/aromatic N) is 5. The number of carbonyl (C=O) groups is 1. The molecular weight excluding hydrogens is 198 g/mol. The maximum Gasteiger partial charge on any atom is 0.307 e. The van der Waals surface area contributed by atoms with Gasteiger partial charge < -0.3 is 4.90 Å². The predicted molar refractivity (Wildman–Crippen MR) is 50.7 cm³/mol. The molecule has 15 heavy (non-hydrogen) atoms. The third-order valence-corrected chi connectivity index (χ3v) is 2.31. The molecule has 1 aliphatic heterocycles. The van der Waals surface area contributed by atoms with Crippen molar-refractivity contribution in [1.82, 2.24) is 36.0 Å². The predicted octanol–water partition coefficient (Wildman–Crippen LogP) is -1.91. The first-order valence-corrected chi connectivity index (χ1v) is 4.73. The third-order valence-electron chi connectivity index (χ3n) is 2.31. The van der Waals surface area contributed by atoms with Gasteiger partial charge in [-0.25, -0.2) is 5.01 Å². The summed E-state index contributed by atoms with van der Waals surface area (Å²) in [4.78, 5) is 13.7. The molecule has 0 spiro atoms. The van der Waals surface area contributed by atoms with Gasteiger partial charge in [-0.05, 0) is 12.3 Å². The molecular formula is C7H13N7O. The standard InChI is InChI=1S/C7H13N7O/c1-13-2-4-14(5-3-13)10-7(15)6-8-11-12-9-6/h2-5H2,1H3,(H,10,15)(H,8,9,11,12). The van der Waals surface area contributed by atoms with Crippen molar-refractivity contribution in [3.63, 3.8) is 0 Å². The van der Waals surface area contributed by atoms with Crippen LogP contribution in [0.1, 0.15) is 10.6 Å². The van der Waals surface area contributed by atoms with Crippen molar-refractivity contribution >= 4 is 5.91 Å². The molecule has 0 bridgehead atoms. The van der Waals surface area contributed by atoms with E-state index in [1.807, 2.05) is 5.01 Å². The normalized spacial score (nSPS) is 19.0. The van der Waals surface area contributed by atoms with Crippen molar-refractivity contribution in [3.05, 3.63) is 5.82 Å². The molecule has 2 rings (SSSR count). The van der Waals surface area contributed by atoms with Gasteiger partial charge in [0.2, 0.25) is 0 Å². The van der Waals surface area contributed by atoms with Crippen LogP contribution in [0.3, 0.4) is 0 Å². The number of amides is 1. The molecule has 82 valence electrons. The lowest BCUT2D eigenvalue weighted by atomic mass is 10.4. The zero-order valence-corrected chi connectivity index (χ0v) is 8.47. The summed E-state index contributed by atoms with van der Waals surface area (Å²) in [5.41, 5.74) is 2.72. The number of nitrogens with one attached hydrogen (secondary N) is 2. The van der Waals surface area contributed by atoms with E-state index in [-0.39, 0.29) is 11.7 Å². The molecule has 1 fully saturated rings. The van der Waals surface area contributed by atoms with E-state index in [1.165, 1.54) is 0 Å². The average Bonchev–Trinajstić information content (AvgIpc) is 2.74. The summed E-state index contributed by atoms with van der Waals surface area (Å²) in [5, 5.41) is 14.6. The number of hydrogen-bond donors (Lipinski definition) is 2. The molecule has 0 unspecified atom stereocenters. The van der Waals surface area contributed by atoms with E-state index in [4.69, 9.17) is 0 Å². The number of hydrogen-bond acceptors (Lipinski definition) is 6. The quantitative estimate of drug-likeness (QED) is 0.593. The van der Waals surface area contributed by atoms with Gasteiger partial charge in [-0.15, -0.1) is 10.2 Å². The lowest BCUT2D eigenvalue weighted by molar-refractivity contribution is 0.0652. The van der Waals surface area contributed by atoms with Gasteiger partial charge in [-0.1, -0.05) is 0 Å². The number of hydrazine groups is 1. The Labute approximate surface area is 86.6 Å². The van der Waals surface area contributed by atoms with Crippen LogP contribution in [0.15, 0.2) is 0 Å². The number of rotatable bonds is 2. The van der Waals surface area contributed by atoms with Crippen LogP contribution in [0.25, 0.3) is 0 Å². The highest BCUT2D eigenvalue weighted by atomic mass is 16.2. The van der Waals surface area contributed by atoms with Gasteiger partial charge in [-0.2, -0.15) is 5.21 Å². The highest BCUT2D eigenvalue weighted by Crippen LogP contribution is 1.96. The fourth-order valence-electron chi connectivity index (χ4n) is 1.37. The molecule has 8 heteroatoms. The summed E-state index contributed by atoms with van der Waals surface area (Å²) in [6, 6.07) is 0. The minimum atomic E-state index is -0.326. The molecule has 1 amide bonds. The molecule has 2 heterocycles. The first-order valence-electron chi connectivity index (χ1n) is 4.73. The molecule has 0 radical (unpaired) electrons. The number of carbonyl (C=O) groups excluding carboxylic acids is 1. The summed E-state index contributed by atoms with van der Waals surface area (Å²) in [7, 11) is 2.05. The fourth-order valence-corrected chi connectivity index (χ4v) is 1.37. The lowest BCUT2D eigenvalue weighted by Crippen LogP contribution is -2.52. The van der Waals surface area contributed by atoms with Gasteiger partial charge in [0.1, 0.15) is 0 Å². The molecule has 0 saturated carbocycles. The van der Waals surface area contributed by atoms with Gasteiger partial charge in [0, 0.05) is 26.2 Å². The van der Waals surface area contributed by atoms with Crippen molar-refractivity contribution in [2.75, 3.05) is 33.2 Å². The van der Waals surface area contributed by atoms with Crippen molar-refractivity contribution in [2.24, 2.45) is 0 Å². The topological polar surface area (TPSA) is 90.0 Å². The van der Waals surface area contributed by atoms with E-state index >= 15 is 0 Å². The highest BCUT2D eigenvalue weighted by Gasteiger charge is 2.18. The van der Waals surface area contributed by atoms with Crippen molar-refractivity contribution in [3.8, 4) is 0 Å². The van der Waals surface area contributed by atoms with Gasteiger partial charge in [-0.3, -0.25) is 10.2 Å². The van der Waals surface area contributed by atoms with Gasteiger partial charge in [0.05, 0.1) is 0 Å². The van der Waals surface area contributed by atoms with Crippen LogP contribution >= 0.6 is 0 Å². The minimum Gasteiger partial charge on any atom is -0.304 e. The maximum absolute atomic E-state index is 11.5. The number of aromatic amines is 1. The molecule has 8 nitrogen and oxygen atoms in total. The summed E-state index contributed by atoms with van der Waals surface area (Å²) in [6.45, 7) is 3.49. The number of likely N-dealkylation sites (N-methyl/N-ethyl adjacent to an activating group) is 1. The fraction of sp³-hybridized carbons (Fsp3) is 0.714. The number of tetrazole rings is 1. The van der Waals surface area contributed by atoms with E-state index in [0.717, 1.165) is 26.2 Å². The zero-order chi connectivity index (χ0) is 10.7. The van der Waals surface area contributed by atoms with Crippen LogP contribution in [0.4, 0.5) is 0 Å². The summed E-state index contributed by atoms with van der Waals surface area (Å²) >= 11 is 0. The van der Waals surface area contributed by atoms with Crippen molar-refractivity contribution in [1.29, 1.82) is 0 Å². The molecule has 1 aromatic rings. The first-order chi connectivity index (χ1) is 7.25. The number of piperazine rings is 1. The molecule has 0 aliphatic carbocycles. The van der Waals surface area contributed by atoms with Crippen LogP contribution in [-0.2, 0) is 0 Å². The highest BCUT2D eigenvalue weighted by molar-refractivity contribution is 5.89. The molecule has 2 N–H and O–H groups in total. The summed E-state index contributed by atoms with van der Waals surface area (Å²) < 4.78 is 0. The van der Waals surface area contributed by atoms with Gasteiger partial charge >= 0.3 is 5.91 Å². The van der Waals surface area contributed by atoms with Crippen LogP contribution in [-0.4, -0.2) is 69.7 Å². The molecule has 1 aliphatic rings. The SMILES string of the molecule is CN1CCN(NC(=O)c2nn[nH]n2)CC1. The molecule has 0 atom stereocenters. The average molecular weight is 211 g/mol. The maximum atomic E-state index is 11.5. The largest absolute Gasteiger partial charge is 0.307 e. The monoisotopic (exact) mass is 211 g/mol. The Morgan fingerprint density at radius 2 is 2.13 bits per heavy atom. The second-order valence-electron chi connectivity index (χ2n) is 3.47. The van der Waals surface area contributed by atoms with Crippen LogP contribution < -0.4 is 5.43 Å². The number of aromatic nitrogens is 4. The van der Waals surface area contributed by atoms with Crippen LogP contribution in [0, 0.1) is 0 Å². The Hall–Kier alpha value is -1.54. The molecule has 0 aromatic carbocycles. The van der Waals surface area contributed by atoms with Gasteiger partial charge in [0.25, 0.3) is 5.82 Å². The first kappa shape index (κ1) is 9.99. The van der Waals surface area contributed by atoms with Crippen LogP contribution in [0.5, 0.6) is 0 Å². The van der Waals surface area contributed by atoms with Crippen molar-refractivity contribution < 1.29 is 4.79 Å². The lowest BCUT2D eigenvalue weighted by Gasteiger charge is -2.31. The van der Waals surface area contributed by atoms with E-state index in [1.54, 1.807) is 0 Å². The Morgan fingerprint density at radius 3 is 2.73 bits per heavy atom. The summed E-state index contributed by atoms with van der Waals surface area (Å²) in [6.07, 6.45) is 0. The Kier molecular flexibility index (Phi) is 2.88. The van der Waals surface area contributed by atoms with E-state index in [9.17, 15) is 4.79 Å².